The monoisotopic (exact) mass is 231 g/mol. The Kier molecular flexibility index (Phi) is 3.53. The van der Waals surface area contributed by atoms with E-state index in [2.05, 4.69) is 38.2 Å². The maximum atomic E-state index is 5.52. The first-order valence-corrected chi connectivity index (χ1v) is 6.28. The Morgan fingerprint density at radius 2 is 2.00 bits per heavy atom. The molecule has 0 saturated heterocycles. The van der Waals surface area contributed by atoms with Gasteiger partial charge in [0, 0.05) is 24.0 Å². The van der Waals surface area contributed by atoms with Gasteiger partial charge in [0.1, 0.15) is 5.58 Å². The number of nitrogens with one attached hydrogen (secondary N) is 1. The second kappa shape index (κ2) is 4.92. The molecule has 1 heterocycles. The topological polar surface area (TPSA) is 25.2 Å². The number of benzene rings is 1. The molecule has 1 N–H and O–H groups in total. The summed E-state index contributed by atoms with van der Waals surface area (Å²) in [5, 5.41) is 4.73. The third-order valence-electron chi connectivity index (χ3n) is 3.44. The van der Waals surface area contributed by atoms with Crippen LogP contribution in [0.3, 0.4) is 0 Å². The lowest BCUT2D eigenvalue weighted by Gasteiger charge is -2.22. The van der Waals surface area contributed by atoms with Crippen molar-refractivity contribution in [1.82, 2.24) is 5.32 Å². The van der Waals surface area contributed by atoms with Crippen molar-refractivity contribution < 1.29 is 4.42 Å². The molecule has 0 unspecified atom stereocenters. The van der Waals surface area contributed by atoms with Gasteiger partial charge in [0.15, 0.2) is 0 Å². The molecule has 1 aromatic carbocycles. The molecular formula is C15H21NO. The van der Waals surface area contributed by atoms with Crippen LogP contribution in [-0.4, -0.2) is 6.54 Å². The van der Waals surface area contributed by atoms with Gasteiger partial charge in [0.05, 0.1) is 6.26 Å². The summed E-state index contributed by atoms with van der Waals surface area (Å²) in [4.78, 5) is 0. The lowest BCUT2D eigenvalue weighted by Crippen LogP contribution is -2.28. The van der Waals surface area contributed by atoms with E-state index in [1.54, 1.807) is 0 Å². The molecule has 2 aromatic rings. The summed E-state index contributed by atoms with van der Waals surface area (Å²) >= 11 is 0. The summed E-state index contributed by atoms with van der Waals surface area (Å²) in [6, 6.07) is 8.18. The van der Waals surface area contributed by atoms with Crippen LogP contribution in [-0.2, 0) is 6.54 Å². The van der Waals surface area contributed by atoms with Gasteiger partial charge >= 0.3 is 0 Å². The molecule has 2 heteroatoms. The fraction of sp³-hybridized carbons (Fsp3) is 0.467. The summed E-state index contributed by atoms with van der Waals surface area (Å²) < 4.78 is 5.52. The van der Waals surface area contributed by atoms with Crippen molar-refractivity contribution in [2.45, 2.75) is 33.7 Å². The molecule has 1 aromatic heterocycles. The Morgan fingerprint density at radius 3 is 2.76 bits per heavy atom. The number of rotatable bonds is 5. The molecule has 0 aliphatic rings. The maximum Gasteiger partial charge on any atom is 0.134 e. The van der Waals surface area contributed by atoms with E-state index < -0.39 is 0 Å². The van der Waals surface area contributed by atoms with Gasteiger partial charge in [-0.25, -0.2) is 0 Å². The van der Waals surface area contributed by atoms with E-state index in [4.69, 9.17) is 4.42 Å². The normalized spacial score (nSPS) is 12.2. The smallest absolute Gasteiger partial charge is 0.134 e. The summed E-state index contributed by atoms with van der Waals surface area (Å²) in [5.74, 6) is 0. The first-order valence-electron chi connectivity index (χ1n) is 6.28. The first kappa shape index (κ1) is 12.2. The van der Waals surface area contributed by atoms with Crippen molar-refractivity contribution in [2.24, 2.45) is 5.41 Å². The van der Waals surface area contributed by atoms with Crippen LogP contribution >= 0.6 is 0 Å². The highest BCUT2D eigenvalue weighted by molar-refractivity contribution is 5.80. The minimum atomic E-state index is 0.361. The summed E-state index contributed by atoms with van der Waals surface area (Å²) in [7, 11) is 0. The molecule has 0 spiro atoms. The van der Waals surface area contributed by atoms with Gasteiger partial charge in [0.25, 0.3) is 0 Å². The van der Waals surface area contributed by atoms with E-state index >= 15 is 0 Å². The second-order valence-corrected chi connectivity index (χ2v) is 5.38. The Hall–Kier alpha value is -1.28. The third kappa shape index (κ3) is 2.89. The van der Waals surface area contributed by atoms with Crippen LogP contribution in [0, 0.1) is 5.41 Å². The zero-order valence-corrected chi connectivity index (χ0v) is 10.9. The van der Waals surface area contributed by atoms with E-state index in [1.807, 2.05) is 18.4 Å². The summed E-state index contributed by atoms with van der Waals surface area (Å²) in [6.07, 6.45) is 3.04. The van der Waals surface area contributed by atoms with Crippen LogP contribution in [0.25, 0.3) is 11.0 Å². The zero-order chi connectivity index (χ0) is 12.3. The van der Waals surface area contributed by atoms with E-state index in [9.17, 15) is 0 Å². The molecule has 17 heavy (non-hydrogen) atoms. The van der Waals surface area contributed by atoms with Gasteiger partial charge in [-0.2, -0.15) is 0 Å². The van der Waals surface area contributed by atoms with Gasteiger partial charge in [-0.05, 0) is 17.9 Å². The first-order chi connectivity index (χ1) is 8.12. The van der Waals surface area contributed by atoms with Crippen LogP contribution in [0.5, 0.6) is 0 Å². The highest BCUT2D eigenvalue weighted by Crippen LogP contribution is 2.21. The molecule has 0 atom stereocenters. The van der Waals surface area contributed by atoms with E-state index in [0.29, 0.717) is 5.41 Å². The van der Waals surface area contributed by atoms with Crippen LogP contribution in [0.4, 0.5) is 0 Å². The lowest BCUT2D eigenvalue weighted by molar-refractivity contribution is 0.327. The van der Waals surface area contributed by atoms with Crippen molar-refractivity contribution in [2.75, 3.05) is 6.54 Å². The Bertz CT molecular complexity index is 484. The fourth-order valence-corrected chi connectivity index (χ4v) is 1.83. The van der Waals surface area contributed by atoms with E-state index in [0.717, 1.165) is 18.7 Å². The number of fused-ring (bicyclic) bond motifs is 1. The number of hydrogen-bond donors (Lipinski definition) is 1. The van der Waals surface area contributed by atoms with Crippen molar-refractivity contribution >= 4 is 11.0 Å². The number of furan rings is 1. The quantitative estimate of drug-likeness (QED) is 0.842. The van der Waals surface area contributed by atoms with Crippen LogP contribution in [0.15, 0.2) is 34.9 Å². The molecule has 92 valence electrons. The third-order valence-corrected chi connectivity index (χ3v) is 3.44. The molecule has 0 bridgehead atoms. The molecule has 0 radical (unpaired) electrons. The van der Waals surface area contributed by atoms with Crippen molar-refractivity contribution in [1.29, 1.82) is 0 Å². The number of hydrogen-bond acceptors (Lipinski definition) is 2. The van der Waals surface area contributed by atoms with E-state index in [-0.39, 0.29) is 0 Å². The lowest BCUT2D eigenvalue weighted by atomic mass is 9.90. The number of para-hydroxylation sites is 1. The van der Waals surface area contributed by atoms with Crippen LogP contribution in [0.1, 0.15) is 32.8 Å². The SMILES string of the molecule is CCC(C)(C)CNCc1coc2ccccc12. The minimum Gasteiger partial charge on any atom is -0.464 e. The Morgan fingerprint density at radius 1 is 1.24 bits per heavy atom. The molecule has 0 aliphatic heterocycles. The van der Waals surface area contributed by atoms with Gasteiger partial charge in [0.2, 0.25) is 0 Å². The standard InChI is InChI=1S/C15H21NO/c1-4-15(2,3)11-16-9-12-10-17-14-8-6-5-7-13(12)14/h5-8,10,16H,4,9,11H2,1-3H3. The largest absolute Gasteiger partial charge is 0.464 e. The minimum absolute atomic E-state index is 0.361. The average molecular weight is 231 g/mol. The van der Waals surface area contributed by atoms with E-state index in [1.165, 1.54) is 17.4 Å². The highest BCUT2D eigenvalue weighted by atomic mass is 16.3. The second-order valence-electron chi connectivity index (χ2n) is 5.38. The molecule has 2 nitrogen and oxygen atoms in total. The molecule has 2 rings (SSSR count). The summed E-state index contributed by atoms with van der Waals surface area (Å²) in [6.45, 7) is 8.71. The maximum absolute atomic E-state index is 5.52. The van der Waals surface area contributed by atoms with Crippen LogP contribution < -0.4 is 5.32 Å². The highest BCUT2D eigenvalue weighted by Gasteiger charge is 2.14. The molecular weight excluding hydrogens is 210 g/mol. The molecule has 0 saturated carbocycles. The van der Waals surface area contributed by atoms with Gasteiger partial charge in [-0.3, -0.25) is 0 Å². The van der Waals surface area contributed by atoms with Gasteiger partial charge in [-0.1, -0.05) is 39.0 Å². The van der Waals surface area contributed by atoms with Gasteiger partial charge < -0.3 is 9.73 Å². The average Bonchev–Trinajstić information content (AvgIpc) is 2.73. The molecule has 0 amide bonds. The molecule has 0 fully saturated rings. The van der Waals surface area contributed by atoms with Crippen molar-refractivity contribution in [3.8, 4) is 0 Å². The van der Waals surface area contributed by atoms with Gasteiger partial charge in [-0.15, -0.1) is 0 Å². The Labute approximate surface area is 103 Å². The summed E-state index contributed by atoms with van der Waals surface area (Å²) in [5.41, 5.74) is 2.58. The molecule has 0 aliphatic carbocycles. The zero-order valence-electron chi connectivity index (χ0n) is 10.9. The van der Waals surface area contributed by atoms with Crippen molar-refractivity contribution in [3.63, 3.8) is 0 Å². The fourth-order valence-electron chi connectivity index (χ4n) is 1.83. The van der Waals surface area contributed by atoms with Crippen molar-refractivity contribution in [3.05, 3.63) is 36.1 Å². The predicted molar refractivity (Wildman–Crippen MR) is 72.0 cm³/mol. The predicted octanol–water partition coefficient (Wildman–Crippen LogP) is 3.96. The Balaban J connectivity index is 2.00. The van der Waals surface area contributed by atoms with Crippen LogP contribution in [0.2, 0.25) is 0 Å².